The standard InChI is InChI=1S/C13H23N5O/c1-4-9(2)12(19)16-13-15-11(17-18(13)3)10-5-7-14-8-6-10/h9-10,14H,4-8H2,1-3H3,(H,15,16,17,19). The molecule has 0 bridgehead atoms. The van der Waals surface area contributed by atoms with E-state index in [1.807, 2.05) is 20.9 Å². The molecule has 1 aromatic heterocycles. The van der Waals surface area contributed by atoms with Crippen LogP contribution in [0.4, 0.5) is 5.95 Å². The van der Waals surface area contributed by atoms with E-state index in [1.165, 1.54) is 0 Å². The zero-order valence-corrected chi connectivity index (χ0v) is 11.9. The van der Waals surface area contributed by atoms with Crippen molar-refractivity contribution in [1.29, 1.82) is 0 Å². The first kappa shape index (κ1) is 14.0. The van der Waals surface area contributed by atoms with Crippen molar-refractivity contribution in [1.82, 2.24) is 20.1 Å². The average Bonchev–Trinajstić information content (AvgIpc) is 2.80. The van der Waals surface area contributed by atoms with Gasteiger partial charge >= 0.3 is 0 Å². The number of carbonyl (C=O) groups is 1. The normalized spacial score (nSPS) is 18.3. The summed E-state index contributed by atoms with van der Waals surface area (Å²) in [4.78, 5) is 16.4. The molecule has 1 saturated heterocycles. The SMILES string of the molecule is CCC(C)C(=O)Nc1nc(C2CCNCC2)nn1C. The lowest BCUT2D eigenvalue weighted by molar-refractivity contribution is -0.119. The smallest absolute Gasteiger partial charge is 0.229 e. The van der Waals surface area contributed by atoms with Crippen LogP contribution < -0.4 is 10.6 Å². The van der Waals surface area contributed by atoms with Crippen LogP contribution in [0.1, 0.15) is 44.9 Å². The van der Waals surface area contributed by atoms with Crippen molar-refractivity contribution in [2.24, 2.45) is 13.0 Å². The van der Waals surface area contributed by atoms with E-state index in [2.05, 4.69) is 20.7 Å². The summed E-state index contributed by atoms with van der Waals surface area (Å²) in [5.41, 5.74) is 0. The van der Waals surface area contributed by atoms with E-state index in [0.29, 0.717) is 11.9 Å². The van der Waals surface area contributed by atoms with Crippen molar-refractivity contribution in [3.63, 3.8) is 0 Å². The molecule has 19 heavy (non-hydrogen) atoms. The Balaban J connectivity index is 2.05. The van der Waals surface area contributed by atoms with Gasteiger partial charge in [0.25, 0.3) is 0 Å². The number of hydrogen-bond donors (Lipinski definition) is 2. The number of piperidine rings is 1. The second kappa shape index (κ2) is 6.14. The highest BCUT2D eigenvalue weighted by Gasteiger charge is 2.21. The maximum atomic E-state index is 11.9. The van der Waals surface area contributed by atoms with Crippen LogP contribution in [-0.4, -0.2) is 33.8 Å². The van der Waals surface area contributed by atoms with E-state index in [1.54, 1.807) is 4.68 Å². The van der Waals surface area contributed by atoms with Crippen LogP contribution >= 0.6 is 0 Å². The summed E-state index contributed by atoms with van der Waals surface area (Å²) < 4.78 is 1.66. The summed E-state index contributed by atoms with van der Waals surface area (Å²) in [5.74, 6) is 1.82. The summed E-state index contributed by atoms with van der Waals surface area (Å²) in [6, 6.07) is 0. The Kier molecular flexibility index (Phi) is 4.52. The molecule has 1 fully saturated rings. The first-order valence-electron chi connectivity index (χ1n) is 7.04. The van der Waals surface area contributed by atoms with Crippen LogP contribution in [0.5, 0.6) is 0 Å². The van der Waals surface area contributed by atoms with Crippen molar-refractivity contribution < 1.29 is 4.79 Å². The van der Waals surface area contributed by atoms with Gasteiger partial charge in [0.15, 0.2) is 5.82 Å². The van der Waals surface area contributed by atoms with E-state index in [9.17, 15) is 4.79 Å². The molecule has 2 rings (SSSR count). The van der Waals surface area contributed by atoms with Crippen molar-refractivity contribution in [2.75, 3.05) is 18.4 Å². The number of nitrogens with zero attached hydrogens (tertiary/aromatic N) is 3. The molecule has 1 aromatic rings. The van der Waals surface area contributed by atoms with E-state index in [-0.39, 0.29) is 11.8 Å². The predicted octanol–water partition coefficient (Wildman–Crippen LogP) is 1.27. The van der Waals surface area contributed by atoms with E-state index in [4.69, 9.17) is 0 Å². The first-order valence-corrected chi connectivity index (χ1v) is 7.04. The van der Waals surface area contributed by atoms with Gasteiger partial charge in [0.1, 0.15) is 0 Å². The Morgan fingerprint density at radius 1 is 1.53 bits per heavy atom. The fourth-order valence-electron chi connectivity index (χ4n) is 2.18. The average molecular weight is 265 g/mol. The van der Waals surface area contributed by atoms with Crippen LogP contribution in [0, 0.1) is 5.92 Å². The molecule has 0 aromatic carbocycles. The molecule has 0 saturated carbocycles. The maximum Gasteiger partial charge on any atom is 0.229 e. The summed E-state index contributed by atoms with van der Waals surface area (Å²) in [5, 5.41) is 10.6. The molecule has 6 heteroatoms. The Bertz CT molecular complexity index is 436. The maximum absolute atomic E-state index is 11.9. The van der Waals surface area contributed by atoms with Crippen LogP contribution in [0.15, 0.2) is 0 Å². The number of aromatic nitrogens is 3. The lowest BCUT2D eigenvalue weighted by Crippen LogP contribution is -2.27. The molecule has 0 aliphatic carbocycles. The Labute approximate surface area is 114 Å². The highest BCUT2D eigenvalue weighted by Crippen LogP contribution is 2.23. The van der Waals surface area contributed by atoms with E-state index >= 15 is 0 Å². The second-order valence-electron chi connectivity index (χ2n) is 5.24. The molecule has 2 N–H and O–H groups in total. The molecule has 106 valence electrons. The minimum atomic E-state index is -0.000898. The minimum Gasteiger partial charge on any atom is -0.317 e. The lowest BCUT2D eigenvalue weighted by atomic mass is 9.98. The van der Waals surface area contributed by atoms with Gasteiger partial charge in [-0.15, -0.1) is 0 Å². The van der Waals surface area contributed by atoms with E-state index in [0.717, 1.165) is 38.2 Å². The summed E-state index contributed by atoms with van der Waals surface area (Å²) in [7, 11) is 1.82. The zero-order chi connectivity index (χ0) is 13.8. The van der Waals surface area contributed by atoms with Gasteiger partial charge in [0.2, 0.25) is 11.9 Å². The van der Waals surface area contributed by atoms with Gasteiger partial charge in [-0.25, -0.2) is 4.68 Å². The van der Waals surface area contributed by atoms with Crippen LogP contribution in [0.2, 0.25) is 0 Å². The molecule has 0 radical (unpaired) electrons. The number of aryl methyl sites for hydroxylation is 1. The number of hydrogen-bond acceptors (Lipinski definition) is 4. The van der Waals surface area contributed by atoms with Crippen molar-refractivity contribution in [2.45, 2.75) is 39.0 Å². The summed E-state index contributed by atoms with van der Waals surface area (Å²) >= 11 is 0. The minimum absolute atomic E-state index is 0.000898. The second-order valence-corrected chi connectivity index (χ2v) is 5.24. The molecule has 1 aliphatic heterocycles. The molecule has 1 aliphatic rings. The summed E-state index contributed by atoms with van der Waals surface area (Å²) in [6.45, 7) is 5.94. The molecular weight excluding hydrogens is 242 g/mol. The lowest BCUT2D eigenvalue weighted by Gasteiger charge is -2.19. The molecule has 6 nitrogen and oxygen atoms in total. The topological polar surface area (TPSA) is 71.8 Å². The molecular formula is C13H23N5O. The molecule has 1 amide bonds. The Morgan fingerprint density at radius 3 is 2.84 bits per heavy atom. The van der Waals surface area contributed by atoms with Gasteiger partial charge in [-0.2, -0.15) is 10.1 Å². The third-order valence-electron chi connectivity index (χ3n) is 3.78. The van der Waals surface area contributed by atoms with E-state index < -0.39 is 0 Å². The quantitative estimate of drug-likeness (QED) is 0.860. The van der Waals surface area contributed by atoms with Crippen molar-refractivity contribution in [3.8, 4) is 0 Å². The largest absolute Gasteiger partial charge is 0.317 e. The summed E-state index contributed by atoms with van der Waals surface area (Å²) in [6.07, 6.45) is 2.94. The van der Waals surface area contributed by atoms with Gasteiger partial charge in [-0.1, -0.05) is 13.8 Å². The number of rotatable bonds is 4. The molecule has 2 heterocycles. The van der Waals surface area contributed by atoms with Crippen molar-refractivity contribution in [3.05, 3.63) is 5.82 Å². The highest BCUT2D eigenvalue weighted by atomic mass is 16.2. The van der Waals surface area contributed by atoms with Gasteiger partial charge < -0.3 is 5.32 Å². The van der Waals surface area contributed by atoms with Gasteiger partial charge in [-0.3, -0.25) is 10.1 Å². The Hall–Kier alpha value is -1.43. The number of nitrogens with one attached hydrogen (secondary N) is 2. The molecule has 1 atom stereocenters. The molecule has 0 spiro atoms. The third kappa shape index (κ3) is 3.32. The zero-order valence-electron chi connectivity index (χ0n) is 11.9. The predicted molar refractivity (Wildman–Crippen MR) is 73.9 cm³/mol. The number of amides is 1. The van der Waals surface area contributed by atoms with Gasteiger partial charge in [-0.05, 0) is 32.4 Å². The van der Waals surface area contributed by atoms with Crippen LogP contribution in [-0.2, 0) is 11.8 Å². The highest BCUT2D eigenvalue weighted by molar-refractivity contribution is 5.90. The van der Waals surface area contributed by atoms with Crippen LogP contribution in [0.25, 0.3) is 0 Å². The van der Waals surface area contributed by atoms with Gasteiger partial charge in [0, 0.05) is 18.9 Å². The van der Waals surface area contributed by atoms with Crippen LogP contribution in [0.3, 0.4) is 0 Å². The first-order chi connectivity index (χ1) is 9.11. The molecule has 1 unspecified atom stereocenters. The number of carbonyl (C=O) groups excluding carboxylic acids is 1. The third-order valence-corrected chi connectivity index (χ3v) is 3.78. The fraction of sp³-hybridized carbons (Fsp3) is 0.769. The Morgan fingerprint density at radius 2 is 2.21 bits per heavy atom. The monoisotopic (exact) mass is 265 g/mol. The van der Waals surface area contributed by atoms with Gasteiger partial charge in [0.05, 0.1) is 0 Å². The van der Waals surface area contributed by atoms with Crippen molar-refractivity contribution >= 4 is 11.9 Å². The fourth-order valence-corrected chi connectivity index (χ4v) is 2.18. The number of anilines is 1.